The number of hydrogen-bond donors (Lipinski definition) is 0. The first-order valence-corrected chi connectivity index (χ1v) is 15.0. The van der Waals surface area contributed by atoms with Crippen LogP contribution in [0.25, 0.3) is 0 Å². The van der Waals surface area contributed by atoms with Gasteiger partial charge in [0.25, 0.3) is 47.3 Å². The van der Waals surface area contributed by atoms with Gasteiger partial charge in [0, 0.05) is 24.3 Å². The molecule has 0 radical (unpaired) electrons. The van der Waals surface area contributed by atoms with Gasteiger partial charge in [-0.1, -0.05) is 36.4 Å². The summed E-state index contributed by atoms with van der Waals surface area (Å²) in [6, 6.07) is 22.4. The van der Waals surface area contributed by atoms with Crippen LogP contribution >= 0.6 is 0 Å². The van der Waals surface area contributed by atoms with Gasteiger partial charge in [0.2, 0.25) is 0 Å². The Bertz CT molecular complexity index is 2120. The van der Waals surface area contributed by atoms with Gasteiger partial charge in [-0.2, -0.15) is 0 Å². The van der Waals surface area contributed by atoms with Crippen molar-refractivity contribution in [2.75, 3.05) is 19.6 Å². The smallest absolute Gasteiger partial charge is 0.268 e. The van der Waals surface area contributed by atoms with Crippen molar-refractivity contribution in [3.05, 3.63) is 143 Å². The van der Waals surface area contributed by atoms with Gasteiger partial charge in [-0.15, -0.1) is 0 Å². The standard InChI is InChI=1S/C37H20N4O8/c42-28-15-16-29(43)40(28)26-5-1-3-24-32(26)36(48)38(34(24)46)22-11-7-20(8-12-22)19-21-9-13-23(14-10-21)39-35(47)25-4-2-6-27(33(25)37(39)49)41-30(44)17-18-31(41)45/h1-18H,19H2. The second-order valence-electron chi connectivity index (χ2n) is 11.5. The number of carbonyl (C=O) groups is 8. The van der Waals surface area contributed by atoms with Crippen molar-refractivity contribution < 1.29 is 38.4 Å². The van der Waals surface area contributed by atoms with E-state index in [-0.39, 0.29) is 33.6 Å². The van der Waals surface area contributed by atoms with Gasteiger partial charge in [-0.3, -0.25) is 38.4 Å². The molecule has 0 aliphatic carbocycles. The van der Waals surface area contributed by atoms with Crippen LogP contribution in [0.3, 0.4) is 0 Å². The maximum atomic E-state index is 13.5. The SMILES string of the molecule is O=C1c2cccc(N3C(=O)C=CC3=O)c2C(=O)N1c1ccc(Cc2ccc(N3C(=O)c4cccc(N5C(=O)C=CC5=O)c4C3=O)cc2)cc1. The third-order valence-corrected chi connectivity index (χ3v) is 8.68. The molecule has 0 fully saturated rings. The number of fused-ring (bicyclic) bond motifs is 2. The Balaban J connectivity index is 0.994. The minimum Gasteiger partial charge on any atom is -0.269 e. The molecule has 4 aromatic carbocycles. The van der Waals surface area contributed by atoms with Gasteiger partial charge in [0.05, 0.1) is 45.0 Å². The van der Waals surface area contributed by atoms with E-state index in [9.17, 15) is 38.4 Å². The van der Waals surface area contributed by atoms with Gasteiger partial charge in [0.1, 0.15) is 0 Å². The highest BCUT2D eigenvalue weighted by molar-refractivity contribution is 6.40. The Morgan fingerprint density at radius 2 is 0.714 bits per heavy atom. The van der Waals surface area contributed by atoms with Crippen molar-refractivity contribution in [3.63, 3.8) is 0 Å². The summed E-state index contributed by atoms with van der Waals surface area (Å²) in [4.78, 5) is 107. The van der Waals surface area contributed by atoms with E-state index < -0.39 is 47.3 Å². The molecule has 0 bridgehead atoms. The number of amides is 8. The van der Waals surface area contributed by atoms with Gasteiger partial charge in [0.15, 0.2) is 0 Å². The number of anilines is 4. The molecule has 8 rings (SSSR count). The van der Waals surface area contributed by atoms with Crippen LogP contribution in [-0.4, -0.2) is 47.3 Å². The van der Waals surface area contributed by atoms with Crippen LogP contribution in [-0.2, 0) is 25.6 Å². The zero-order chi connectivity index (χ0) is 34.1. The van der Waals surface area contributed by atoms with Gasteiger partial charge < -0.3 is 0 Å². The third-order valence-electron chi connectivity index (χ3n) is 8.68. The molecular weight excluding hydrogens is 628 g/mol. The quantitative estimate of drug-likeness (QED) is 0.287. The number of carbonyl (C=O) groups excluding carboxylic acids is 8. The topological polar surface area (TPSA) is 150 Å². The van der Waals surface area contributed by atoms with Gasteiger partial charge >= 0.3 is 0 Å². The first kappa shape index (κ1) is 29.3. The van der Waals surface area contributed by atoms with Crippen molar-refractivity contribution in [2.45, 2.75) is 6.42 Å². The van der Waals surface area contributed by atoms with E-state index in [4.69, 9.17) is 0 Å². The van der Waals surface area contributed by atoms with Crippen molar-refractivity contribution in [1.29, 1.82) is 0 Å². The molecule has 0 unspecified atom stereocenters. The maximum Gasteiger partial charge on any atom is 0.268 e. The van der Waals surface area contributed by atoms with E-state index in [0.29, 0.717) is 17.8 Å². The lowest BCUT2D eigenvalue weighted by atomic mass is 10.0. The zero-order valence-corrected chi connectivity index (χ0v) is 25.2. The summed E-state index contributed by atoms with van der Waals surface area (Å²) >= 11 is 0. The number of hydrogen-bond acceptors (Lipinski definition) is 8. The second kappa shape index (κ2) is 10.7. The Hall–Kier alpha value is -7.08. The number of nitrogens with zero attached hydrogens (tertiary/aromatic N) is 4. The normalized spacial score (nSPS) is 16.7. The fraction of sp³-hybridized carbons (Fsp3) is 0.0270. The molecule has 4 aliphatic heterocycles. The minimum atomic E-state index is -0.651. The lowest BCUT2D eigenvalue weighted by Gasteiger charge is -2.18. The van der Waals surface area contributed by atoms with E-state index in [1.807, 2.05) is 0 Å². The molecule has 4 heterocycles. The van der Waals surface area contributed by atoms with Crippen LogP contribution in [0.5, 0.6) is 0 Å². The van der Waals surface area contributed by atoms with Crippen LogP contribution < -0.4 is 19.6 Å². The van der Waals surface area contributed by atoms with E-state index >= 15 is 0 Å². The third kappa shape index (κ3) is 4.38. The molecule has 12 nitrogen and oxygen atoms in total. The van der Waals surface area contributed by atoms with Gasteiger partial charge in [-0.05, 0) is 66.1 Å². The predicted octanol–water partition coefficient (Wildman–Crippen LogP) is 3.74. The lowest BCUT2D eigenvalue weighted by molar-refractivity contribution is -0.121. The molecule has 12 heteroatoms. The highest BCUT2D eigenvalue weighted by Crippen LogP contribution is 2.37. The highest BCUT2D eigenvalue weighted by Gasteiger charge is 2.43. The Morgan fingerprint density at radius 3 is 1.06 bits per heavy atom. The van der Waals surface area contributed by atoms with Crippen molar-refractivity contribution in [3.8, 4) is 0 Å². The predicted molar refractivity (Wildman–Crippen MR) is 174 cm³/mol. The number of rotatable bonds is 6. The minimum absolute atomic E-state index is 0.0219. The first-order chi connectivity index (χ1) is 23.6. The molecule has 0 N–H and O–H groups in total. The fourth-order valence-electron chi connectivity index (χ4n) is 6.41. The summed E-state index contributed by atoms with van der Waals surface area (Å²) in [6.07, 6.45) is 4.87. The molecule has 236 valence electrons. The summed E-state index contributed by atoms with van der Waals surface area (Å²) in [7, 11) is 0. The molecule has 49 heavy (non-hydrogen) atoms. The monoisotopic (exact) mass is 648 g/mol. The highest BCUT2D eigenvalue weighted by atomic mass is 16.2. The maximum absolute atomic E-state index is 13.5. The molecule has 0 saturated heterocycles. The van der Waals surface area contributed by atoms with Crippen molar-refractivity contribution in [2.24, 2.45) is 0 Å². The summed E-state index contributed by atoms with van der Waals surface area (Å²) in [5.41, 5.74) is 2.53. The van der Waals surface area contributed by atoms with Crippen molar-refractivity contribution >= 4 is 70.0 Å². The summed E-state index contributed by atoms with van der Waals surface area (Å²) in [6.45, 7) is 0. The Kier molecular flexibility index (Phi) is 6.43. The van der Waals surface area contributed by atoms with Crippen molar-refractivity contribution in [1.82, 2.24) is 0 Å². The number of benzene rings is 4. The second-order valence-corrected chi connectivity index (χ2v) is 11.5. The van der Waals surface area contributed by atoms with E-state index in [0.717, 1.165) is 55.0 Å². The Morgan fingerprint density at radius 1 is 0.367 bits per heavy atom. The number of imide groups is 4. The van der Waals surface area contributed by atoms with E-state index in [1.54, 1.807) is 48.5 Å². The molecule has 4 aromatic rings. The molecule has 4 aliphatic rings. The van der Waals surface area contributed by atoms with E-state index in [2.05, 4.69) is 0 Å². The first-order valence-electron chi connectivity index (χ1n) is 15.0. The van der Waals surface area contributed by atoms with E-state index in [1.165, 1.54) is 36.4 Å². The average molecular weight is 649 g/mol. The zero-order valence-electron chi connectivity index (χ0n) is 25.2. The molecule has 0 aromatic heterocycles. The van der Waals surface area contributed by atoms with Crippen LogP contribution in [0, 0.1) is 0 Å². The van der Waals surface area contributed by atoms with Crippen LogP contribution in [0.4, 0.5) is 22.7 Å². The summed E-state index contributed by atoms with van der Waals surface area (Å²) < 4.78 is 0. The largest absolute Gasteiger partial charge is 0.269 e. The fourth-order valence-corrected chi connectivity index (χ4v) is 6.41. The average Bonchev–Trinajstić information content (AvgIpc) is 3.78. The molecular formula is C37H20N4O8. The van der Waals surface area contributed by atoms with Crippen LogP contribution in [0.15, 0.2) is 109 Å². The van der Waals surface area contributed by atoms with Gasteiger partial charge in [-0.25, -0.2) is 19.6 Å². The Labute approximate surface area is 276 Å². The summed E-state index contributed by atoms with van der Waals surface area (Å²) in [5.74, 6) is -4.85. The summed E-state index contributed by atoms with van der Waals surface area (Å²) in [5, 5.41) is 0. The van der Waals surface area contributed by atoms with Crippen LogP contribution in [0.2, 0.25) is 0 Å². The van der Waals surface area contributed by atoms with Crippen LogP contribution in [0.1, 0.15) is 52.6 Å². The molecule has 0 spiro atoms. The molecule has 0 saturated carbocycles. The molecule has 8 amide bonds. The lowest BCUT2D eigenvalue weighted by Crippen LogP contribution is -2.32. The molecule has 0 atom stereocenters.